The number of carbonyl (C=O) groups is 1. The van der Waals surface area contributed by atoms with Gasteiger partial charge in [-0.1, -0.05) is 12.1 Å². The first-order valence-corrected chi connectivity index (χ1v) is 6.44. The van der Waals surface area contributed by atoms with Crippen molar-refractivity contribution in [3.8, 4) is 0 Å². The normalized spacial score (nSPS) is 13.0. The van der Waals surface area contributed by atoms with Gasteiger partial charge in [-0.2, -0.15) is 13.2 Å². The molecule has 0 saturated heterocycles. The van der Waals surface area contributed by atoms with Gasteiger partial charge >= 0.3 is 6.18 Å². The van der Waals surface area contributed by atoms with Gasteiger partial charge in [-0.05, 0) is 17.7 Å². The van der Waals surface area contributed by atoms with Crippen molar-refractivity contribution in [2.24, 2.45) is 5.73 Å². The van der Waals surface area contributed by atoms with Crippen LogP contribution in [0.1, 0.15) is 22.9 Å². The summed E-state index contributed by atoms with van der Waals surface area (Å²) in [6.45, 7) is 0.242. The summed E-state index contributed by atoms with van der Waals surface area (Å²) in [6, 6.07) is 3.32. The Morgan fingerprint density at radius 1 is 1.45 bits per heavy atom. The summed E-state index contributed by atoms with van der Waals surface area (Å²) < 4.78 is 38.1. The fourth-order valence-corrected chi connectivity index (χ4v) is 1.99. The minimum absolute atomic E-state index is 0.122. The van der Waals surface area contributed by atoms with Crippen molar-refractivity contribution in [3.63, 3.8) is 0 Å². The van der Waals surface area contributed by atoms with E-state index in [-0.39, 0.29) is 12.1 Å². The van der Waals surface area contributed by atoms with E-state index >= 15 is 0 Å². The number of rotatable bonds is 4. The smallest absolute Gasteiger partial charge is 0.347 e. The summed E-state index contributed by atoms with van der Waals surface area (Å²) in [7, 11) is 1.52. The average molecular weight is 312 g/mol. The maximum absolute atomic E-state index is 12.7. The molecule has 8 heteroatoms. The minimum atomic E-state index is -4.47. The molecule has 1 aromatic heterocycles. The molecule has 22 heavy (non-hydrogen) atoms. The number of aromatic amines is 1. The van der Waals surface area contributed by atoms with Gasteiger partial charge < -0.3 is 15.6 Å². The van der Waals surface area contributed by atoms with E-state index in [0.717, 1.165) is 12.1 Å². The third-order valence-corrected chi connectivity index (χ3v) is 3.18. The topological polar surface area (TPSA) is 75.0 Å². The number of nitrogens with zero attached hydrogens (tertiary/aromatic N) is 2. The van der Waals surface area contributed by atoms with Gasteiger partial charge in [0.2, 0.25) is 5.91 Å². The van der Waals surface area contributed by atoms with Crippen molar-refractivity contribution >= 4 is 5.91 Å². The molecule has 1 unspecified atom stereocenters. The Kier molecular flexibility index (Phi) is 4.51. The molecule has 5 nitrogen and oxygen atoms in total. The Bertz CT molecular complexity index is 640. The molecule has 0 saturated carbocycles. The van der Waals surface area contributed by atoms with E-state index in [1.165, 1.54) is 30.4 Å². The predicted octanol–water partition coefficient (Wildman–Crippen LogP) is 2.09. The minimum Gasteiger partial charge on any atom is -0.347 e. The van der Waals surface area contributed by atoms with Gasteiger partial charge in [-0.15, -0.1) is 0 Å². The average Bonchev–Trinajstić information content (AvgIpc) is 2.97. The number of alkyl halides is 3. The lowest BCUT2D eigenvalue weighted by Gasteiger charge is -2.21. The Labute approximate surface area is 124 Å². The first-order valence-electron chi connectivity index (χ1n) is 6.44. The van der Waals surface area contributed by atoms with Crippen LogP contribution in [0.3, 0.4) is 0 Å². The molecule has 1 amide bonds. The van der Waals surface area contributed by atoms with Crippen LogP contribution < -0.4 is 5.73 Å². The van der Waals surface area contributed by atoms with Crippen molar-refractivity contribution in [2.45, 2.75) is 18.8 Å². The van der Waals surface area contributed by atoms with E-state index in [1.54, 1.807) is 6.20 Å². The second-order valence-corrected chi connectivity index (χ2v) is 4.87. The van der Waals surface area contributed by atoms with Gasteiger partial charge in [-0.25, -0.2) is 4.98 Å². The lowest BCUT2D eigenvalue weighted by molar-refractivity contribution is -0.138. The van der Waals surface area contributed by atoms with Crippen LogP contribution in [0, 0.1) is 0 Å². The quantitative estimate of drug-likeness (QED) is 0.907. The molecule has 2 rings (SSSR count). The van der Waals surface area contributed by atoms with Crippen LogP contribution in [0.2, 0.25) is 0 Å². The maximum Gasteiger partial charge on any atom is 0.416 e. The number of likely N-dealkylation sites (N-methyl/N-ethyl adjacent to an activating group) is 1. The molecule has 2 aromatic rings. The molecule has 0 fully saturated rings. The number of carbonyl (C=O) groups excluding carboxylic acids is 1. The number of nitrogens with one attached hydrogen (secondary N) is 1. The number of hydrogen-bond acceptors (Lipinski definition) is 3. The van der Waals surface area contributed by atoms with Crippen LogP contribution in [0.25, 0.3) is 0 Å². The molecule has 1 aromatic carbocycles. The summed E-state index contributed by atoms with van der Waals surface area (Å²) in [5.74, 6) is -0.478. The highest BCUT2D eigenvalue weighted by molar-refractivity contribution is 5.82. The molecule has 3 N–H and O–H groups in total. The number of hydrogen-bond donors (Lipinski definition) is 2. The van der Waals surface area contributed by atoms with Gasteiger partial charge in [0.25, 0.3) is 0 Å². The van der Waals surface area contributed by atoms with E-state index in [9.17, 15) is 18.0 Å². The number of halogens is 3. The van der Waals surface area contributed by atoms with Gasteiger partial charge in [0, 0.05) is 13.2 Å². The monoisotopic (exact) mass is 312 g/mol. The third kappa shape index (κ3) is 3.64. The third-order valence-electron chi connectivity index (χ3n) is 3.18. The SMILES string of the molecule is CN(Cc1cnc[nH]1)C(=O)C(N)c1cccc(C(F)(F)F)c1. The lowest BCUT2D eigenvalue weighted by atomic mass is 10.0. The van der Waals surface area contributed by atoms with Gasteiger partial charge in [0.1, 0.15) is 6.04 Å². The van der Waals surface area contributed by atoms with Crippen LogP contribution in [0.15, 0.2) is 36.8 Å². The molecule has 0 radical (unpaired) electrons. The van der Waals surface area contributed by atoms with Gasteiger partial charge in [0.15, 0.2) is 0 Å². The molecule has 1 heterocycles. The Balaban J connectivity index is 2.13. The van der Waals surface area contributed by atoms with E-state index in [2.05, 4.69) is 9.97 Å². The van der Waals surface area contributed by atoms with Crippen molar-refractivity contribution in [1.82, 2.24) is 14.9 Å². The zero-order chi connectivity index (χ0) is 16.3. The molecular weight excluding hydrogens is 297 g/mol. The zero-order valence-electron chi connectivity index (χ0n) is 11.8. The number of aromatic nitrogens is 2. The molecule has 118 valence electrons. The summed E-state index contributed by atoms with van der Waals surface area (Å²) in [4.78, 5) is 20.2. The predicted molar refractivity (Wildman–Crippen MR) is 73.4 cm³/mol. The molecule has 0 bridgehead atoms. The van der Waals surface area contributed by atoms with Crippen LogP contribution >= 0.6 is 0 Å². The summed E-state index contributed by atoms with van der Waals surface area (Å²) >= 11 is 0. The zero-order valence-corrected chi connectivity index (χ0v) is 11.8. The summed E-state index contributed by atoms with van der Waals surface area (Å²) in [6.07, 6.45) is -1.44. The lowest BCUT2D eigenvalue weighted by Crippen LogP contribution is -2.35. The fraction of sp³-hybridized carbons (Fsp3) is 0.286. The van der Waals surface area contributed by atoms with Crippen LogP contribution in [0.4, 0.5) is 13.2 Å². The molecular formula is C14H15F3N4O. The second kappa shape index (κ2) is 6.18. The summed E-state index contributed by atoms with van der Waals surface area (Å²) in [5.41, 5.74) is 5.79. The Hall–Kier alpha value is -2.35. The largest absolute Gasteiger partial charge is 0.416 e. The van der Waals surface area contributed by atoms with E-state index in [1.807, 2.05) is 0 Å². The van der Waals surface area contributed by atoms with Crippen LogP contribution in [0.5, 0.6) is 0 Å². The van der Waals surface area contributed by atoms with Crippen molar-refractivity contribution in [3.05, 3.63) is 53.6 Å². The first kappa shape index (κ1) is 16.0. The highest BCUT2D eigenvalue weighted by Gasteiger charge is 2.31. The fourth-order valence-electron chi connectivity index (χ4n) is 1.99. The number of benzene rings is 1. The molecule has 0 aliphatic heterocycles. The standard InChI is InChI=1S/C14H15F3N4O/c1-21(7-11-6-19-8-20-11)13(22)12(18)9-3-2-4-10(5-9)14(15,16)17/h2-6,8,12H,7,18H2,1H3,(H,19,20). The highest BCUT2D eigenvalue weighted by Crippen LogP contribution is 2.30. The Morgan fingerprint density at radius 2 is 2.18 bits per heavy atom. The number of amides is 1. The highest BCUT2D eigenvalue weighted by atomic mass is 19.4. The molecule has 1 atom stereocenters. The van der Waals surface area contributed by atoms with Crippen LogP contribution in [-0.2, 0) is 17.5 Å². The number of nitrogens with two attached hydrogens (primary N) is 1. The van der Waals surface area contributed by atoms with Crippen molar-refractivity contribution in [2.75, 3.05) is 7.05 Å². The molecule has 0 aliphatic carbocycles. The number of imidazole rings is 1. The first-order chi connectivity index (χ1) is 10.3. The van der Waals surface area contributed by atoms with Crippen molar-refractivity contribution in [1.29, 1.82) is 0 Å². The van der Waals surface area contributed by atoms with Gasteiger partial charge in [0.05, 0.1) is 24.1 Å². The second-order valence-electron chi connectivity index (χ2n) is 4.87. The Morgan fingerprint density at radius 3 is 2.77 bits per heavy atom. The maximum atomic E-state index is 12.7. The van der Waals surface area contributed by atoms with Crippen LogP contribution in [-0.4, -0.2) is 27.8 Å². The van der Waals surface area contributed by atoms with Gasteiger partial charge in [-0.3, -0.25) is 4.79 Å². The van der Waals surface area contributed by atoms with E-state index in [4.69, 9.17) is 5.73 Å². The van der Waals surface area contributed by atoms with E-state index in [0.29, 0.717) is 5.69 Å². The molecule has 0 spiro atoms. The molecule has 0 aliphatic rings. The van der Waals surface area contributed by atoms with E-state index < -0.39 is 23.7 Å². The summed E-state index contributed by atoms with van der Waals surface area (Å²) in [5, 5.41) is 0. The van der Waals surface area contributed by atoms with Crippen molar-refractivity contribution < 1.29 is 18.0 Å². The number of H-pyrrole nitrogens is 1.